The van der Waals surface area contributed by atoms with Crippen LogP contribution in [0.25, 0.3) is 0 Å². The summed E-state index contributed by atoms with van der Waals surface area (Å²) < 4.78 is 5.34. The first-order valence-electron chi connectivity index (χ1n) is 5.35. The number of hydrogen-bond acceptors (Lipinski definition) is 3. The van der Waals surface area contributed by atoms with Crippen LogP contribution >= 0.6 is 11.6 Å². The summed E-state index contributed by atoms with van der Waals surface area (Å²) in [7, 11) is 1.71. The zero-order chi connectivity index (χ0) is 12.2. The summed E-state index contributed by atoms with van der Waals surface area (Å²) >= 11 is 6.02. The fourth-order valence-corrected chi connectivity index (χ4v) is 1.59. The van der Waals surface area contributed by atoms with E-state index >= 15 is 0 Å². The van der Waals surface area contributed by atoms with Crippen molar-refractivity contribution in [3.8, 4) is 0 Å². The first-order valence-corrected chi connectivity index (χ1v) is 5.73. The van der Waals surface area contributed by atoms with Gasteiger partial charge in [0.05, 0.1) is 5.60 Å². The molecule has 1 rings (SSSR count). The second kappa shape index (κ2) is 5.62. The van der Waals surface area contributed by atoms with Gasteiger partial charge in [-0.2, -0.15) is 0 Å². The van der Waals surface area contributed by atoms with E-state index in [4.69, 9.17) is 16.3 Å². The first-order chi connectivity index (χ1) is 7.46. The molecule has 0 spiro atoms. The molecule has 0 bridgehead atoms. The third-order valence-corrected chi connectivity index (χ3v) is 2.96. The maximum atomic E-state index is 6.02. The average molecular weight is 243 g/mol. The molecular weight excluding hydrogens is 224 g/mol. The molecule has 1 aromatic heterocycles. The fraction of sp³-hybridized carbons (Fsp3) is 0.583. The van der Waals surface area contributed by atoms with Gasteiger partial charge in [-0.1, -0.05) is 17.7 Å². The lowest BCUT2D eigenvalue weighted by Gasteiger charge is -2.26. The Morgan fingerprint density at radius 3 is 2.81 bits per heavy atom. The average Bonchev–Trinajstić information content (AvgIpc) is 2.27. The van der Waals surface area contributed by atoms with E-state index in [0.29, 0.717) is 5.15 Å². The highest BCUT2D eigenvalue weighted by Gasteiger charge is 2.18. The van der Waals surface area contributed by atoms with Gasteiger partial charge in [-0.3, -0.25) is 0 Å². The van der Waals surface area contributed by atoms with E-state index in [1.807, 2.05) is 26.0 Å². The predicted molar refractivity (Wildman–Crippen MR) is 66.8 cm³/mol. The lowest BCUT2D eigenvalue weighted by molar-refractivity contribution is 0.0214. The third-order valence-electron chi connectivity index (χ3n) is 2.64. The van der Waals surface area contributed by atoms with Gasteiger partial charge >= 0.3 is 0 Å². The lowest BCUT2D eigenvalue weighted by Crippen LogP contribution is -2.37. The fourth-order valence-electron chi connectivity index (χ4n) is 1.30. The number of nitrogens with one attached hydrogen (secondary N) is 1. The van der Waals surface area contributed by atoms with Crippen molar-refractivity contribution in [1.29, 1.82) is 0 Å². The van der Waals surface area contributed by atoms with Gasteiger partial charge in [0, 0.05) is 31.5 Å². The summed E-state index contributed by atoms with van der Waals surface area (Å²) in [6.45, 7) is 6.90. The Morgan fingerprint density at radius 2 is 2.25 bits per heavy atom. The molecule has 1 heterocycles. The van der Waals surface area contributed by atoms with Gasteiger partial charge in [0.25, 0.3) is 0 Å². The van der Waals surface area contributed by atoms with Crippen molar-refractivity contribution in [1.82, 2.24) is 10.3 Å². The number of pyridine rings is 1. The Bertz CT molecular complexity index is 342. The summed E-state index contributed by atoms with van der Waals surface area (Å²) in [5.41, 5.74) is 0.833. The Labute approximate surface area is 102 Å². The molecular formula is C12H19ClN2O. The van der Waals surface area contributed by atoms with Gasteiger partial charge in [-0.05, 0) is 26.8 Å². The molecule has 0 aromatic carbocycles. The van der Waals surface area contributed by atoms with Crippen LogP contribution in [0.1, 0.15) is 32.4 Å². The molecule has 90 valence electrons. The largest absolute Gasteiger partial charge is 0.377 e. The number of ether oxygens (including phenoxy) is 1. The lowest BCUT2D eigenvalue weighted by atomic mass is 10.1. The number of aromatic nitrogens is 1. The van der Waals surface area contributed by atoms with Crippen LogP contribution in [-0.2, 0) is 4.74 Å². The standard InChI is InChI=1S/C12H19ClN2O/c1-9(15-8-12(2,3)16-4)10-6-5-7-14-11(10)13/h5-7,9,15H,8H2,1-4H3. The van der Waals surface area contributed by atoms with E-state index in [1.54, 1.807) is 13.3 Å². The van der Waals surface area contributed by atoms with Crippen LogP contribution in [0, 0.1) is 0 Å². The van der Waals surface area contributed by atoms with Crippen LogP contribution in [0.2, 0.25) is 5.15 Å². The minimum Gasteiger partial charge on any atom is -0.377 e. The summed E-state index contributed by atoms with van der Waals surface area (Å²) in [4.78, 5) is 4.06. The van der Waals surface area contributed by atoms with Crippen LogP contribution in [0.5, 0.6) is 0 Å². The topological polar surface area (TPSA) is 34.1 Å². The van der Waals surface area contributed by atoms with Crippen molar-refractivity contribution in [3.63, 3.8) is 0 Å². The molecule has 0 amide bonds. The maximum Gasteiger partial charge on any atom is 0.133 e. The Morgan fingerprint density at radius 1 is 1.56 bits per heavy atom. The Balaban J connectivity index is 2.60. The summed E-state index contributed by atoms with van der Waals surface area (Å²) in [5, 5.41) is 3.93. The van der Waals surface area contributed by atoms with Crippen LogP contribution in [0.15, 0.2) is 18.3 Å². The molecule has 0 aliphatic rings. The summed E-state index contributed by atoms with van der Waals surface area (Å²) in [6.07, 6.45) is 1.69. The van der Waals surface area contributed by atoms with Crippen LogP contribution < -0.4 is 5.32 Å². The highest BCUT2D eigenvalue weighted by molar-refractivity contribution is 6.30. The molecule has 4 heteroatoms. The van der Waals surface area contributed by atoms with Crippen molar-refractivity contribution in [2.24, 2.45) is 0 Å². The van der Waals surface area contributed by atoms with Crippen LogP contribution in [-0.4, -0.2) is 24.2 Å². The number of hydrogen-bond donors (Lipinski definition) is 1. The molecule has 1 unspecified atom stereocenters. The number of methoxy groups -OCH3 is 1. The quantitative estimate of drug-likeness (QED) is 0.807. The van der Waals surface area contributed by atoms with E-state index in [-0.39, 0.29) is 11.6 Å². The SMILES string of the molecule is COC(C)(C)CNC(C)c1cccnc1Cl. The molecule has 0 aliphatic carbocycles. The highest BCUT2D eigenvalue weighted by Crippen LogP contribution is 2.20. The smallest absolute Gasteiger partial charge is 0.133 e. The van der Waals surface area contributed by atoms with Gasteiger partial charge in [0.2, 0.25) is 0 Å². The van der Waals surface area contributed by atoms with E-state index < -0.39 is 0 Å². The van der Waals surface area contributed by atoms with Crippen molar-refractivity contribution >= 4 is 11.6 Å². The molecule has 0 saturated heterocycles. The van der Waals surface area contributed by atoms with Crippen molar-refractivity contribution in [2.75, 3.05) is 13.7 Å². The number of halogens is 1. The van der Waals surface area contributed by atoms with Crippen molar-refractivity contribution in [2.45, 2.75) is 32.4 Å². The maximum absolute atomic E-state index is 6.02. The third kappa shape index (κ3) is 3.74. The molecule has 3 nitrogen and oxygen atoms in total. The molecule has 1 N–H and O–H groups in total. The first kappa shape index (κ1) is 13.4. The summed E-state index contributed by atoms with van der Waals surface area (Å²) in [6, 6.07) is 4.03. The molecule has 0 saturated carbocycles. The minimum atomic E-state index is -0.178. The normalized spacial score (nSPS) is 13.8. The van der Waals surface area contributed by atoms with Crippen LogP contribution in [0.4, 0.5) is 0 Å². The minimum absolute atomic E-state index is 0.163. The van der Waals surface area contributed by atoms with Gasteiger partial charge in [-0.25, -0.2) is 4.98 Å². The number of rotatable bonds is 5. The molecule has 0 radical (unpaired) electrons. The molecule has 16 heavy (non-hydrogen) atoms. The molecule has 0 fully saturated rings. The molecule has 0 aliphatic heterocycles. The van der Waals surface area contributed by atoms with Crippen molar-refractivity contribution < 1.29 is 4.74 Å². The molecule has 1 atom stereocenters. The van der Waals surface area contributed by atoms with Gasteiger partial charge < -0.3 is 10.1 Å². The van der Waals surface area contributed by atoms with Gasteiger partial charge in [0.15, 0.2) is 0 Å². The van der Waals surface area contributed by atoms with E-state index in [1.165, 1.54) is 0 Å². The zero-order valence-corrected chi connectivity index (χ0v) is 11.0. The van der Waals surface area contributed by atoms with Crippen molar-refractivity contribution in [3.05, 3.63) is 29.0 Å². The predicted octanol–water partition coefficient (Wildman–Crippen LogP) is 2.81. The Kier molecular flexibility index (Phi) is 4.71. The monoisotopic (exact) mass is 242 g/mol. The van der Waals surface area contributed by atoms with Gasteiger partial charge in [-0.15, -0.1) is 0 Å². The Hall–Kier alpha value is -0.640. The summed E-state index contributed by atoms with van der Waals surface area (Å²) in [5.74, 6) is 0. The second-order valence-corrected chi connectivity index (χ2v) is 4.81. The van der Waals surface area contributed by atoms with E-state index in [9.17, 15) is 0 Å². The zero-order valence-electron chi connectivity index (χ0n) is 10.2. The van der Waals surface area contributed by atoms with E-state index in [2.05, 4.69) is 17.2 Å². The number of nitrogens with zero attached hydrogens (tertiary/aromatic N) is 1. The molecule has 1 aromatic rings. The van der Waals surface area contributed by atoms with E-state index in [0.717, 1.165) is 12.1 Å². The highest BCUT2D eigenvalue weighted by atomic mass is 35.5. The second-order valence-electron chi connectivity index (χ2n) is 4.45. The van der Waals surface area contributed by atoms with Crippen LogP contribution in [0.3, 0.4) is 0 Å². The van der Waals surface area contributed by atoms with Gasteiger partial charge in [0.1, 0.15) is 5.15 Å².